The minimum Gasteiger partial charge on any atom is -0.504 e. The van der Waals surface area contributed by atoms with Crippen LogP contribution in [0.5, 0.6) is 28.7 Å². The first-order valence-corrected chi connectivity index (χ1v) is 11.8. The average molecular weight is 499 g/mol. The van der Waals surface area contributed by atoms with Gasteiger partial charge >= 0.3 is 0 Å². The minimum atomic E-state index is -0.912. The number of ketones is 1. The van der Waals surface area contributed by atoms with E-state index < -0.39 is 12.0 Å². The van der Waals surface area contributed by atoms with Crippen LogP contribution >= 0.6 is 0 Å². The molecule has 0 aliphatic carbocycles. The third-order valence-corrected chi connectivity index (χ3v) is 6.31. The van der Waals surface area contributed by atoms with Gasteiger partial charge in [0.25, 0.3) is 0 Å². The number of hydrogen-bond acceptors (Lipinski definition) is 9. The Morgan fingerprint density at radius 2 is 1.75 bits per heavy atom. The van der Waals surface area contributed by atoms with Gasteiger partial charge in [-0.05, 0) is 72.7 Å². The van der Waals surface area contributed by atoms with Gasteiger partial charge in [0.05, 0.1) is 26.1 Å². The summed E-state index contributed by atoms with van der Waals surface area (Å²) in [5, 5.41) is 43.7. The van der Waals surface area contributed by atoms with E-state index in [9.17, 15) is 25.2 Å². The fraction of sp³-hybridized carbons (Fsp3) is 0.370. The number of phenols is 3. The summed E-state index contributed by atoms with van der Waals surface area (Å²) in [6, 6.07) is 7.98. The molecule has 0 fully saturated rings. The molecule has 1 heterocycles. The largest absolute Gasteiger partial charge is 0.504 e. The van der Waals surface area contributed by atoms with Gasteiger partial charge in [-0.1, -0.05) is 12.1 Å². The predicted octanol–water partition coefficient (Wildman–Crippen LogP) is 2.65. The summed E-state index contributed by atoms with van der Waals surface area (Å²) in [7, 11) is 2.85. The monoisotopic (exact) mass is 498 g/mol. The van der Waals surface area contributed by atoms with Crippen LogP contribution in [0.1, 0.15) is 30.4 Å². The molecule has 0 saturated heterocycles. The van der Waals surface area contributed by atoms with Crippen LogP contribution in [-0.4, -0.2) is 53.1 Å². The van der Waals surface area contributed by atoms with E-state index in [1.54, 1.807) is 24.3 Å². The van der Waals surface area contributed by atoms with Crippen molar-refractivity contribution in [3.63, 3.8) is 0 Å². The number of carbonyl (C=O) groups is 1. The highest BCUT2D eigenvalue weighted by molar-refractivity contribution is 5.82. The molecule has 0 bridgehead atoms. The second kappa shape index (κ2) is 12.2. The van der Waals surface area contributed by atoms with Crippen LogP contribution in [0.25, 0.3) is 0 Å². The summed E-state index contributed by atoms with van der Waals surface area (Å²) in [5.74, 6) is -0.438. The van der Waals surface area contributed by atoms with Gasteiger partial charge < -0.3 is 41.0 Å². The normalized spacial score (nSPS) is 14.8. The molecule has 2 aromatic carbocycles. The molecule has 0 spiro atoms. The quantitative estimate of drug-likeness (QED) is 0.242. The average Bonchev–Trinajstić information content (AvgIpc) is 2.87. The highest BCUT2D eigenvalue weighted by Gasteiger charge is 2.28. The van der Waals surface area contributed by atoms with Gasteiger partial charge in [-0.25, -0.2) is 0 Å². The van der Waals surface area contributed by atoms with E-state index in [-0.39, 0.29) is 35.2 Å². The van der Waals surface area contributed by atoms with Crippen molar-refractivity contribution in [1.29, 1.82) is 0 Å². The fourth-order valence-corrected chi connectivity index (χ4v) is 4.27. The topological polar surface area (TPSA) is 154 Å². The molecule has 2 atom stereocenters. The molecule has 0 amide bonds. The van der Waals surface area contributed by atoms with E-state index in [2.05, 4.69) is 5.32 Å². The number of benzene rings is 2. The lowest BCUT2D eigenvalue weighted by molar-refractivity contribution is -0.126. The standard InChI is InChI=1S/C27H34N2O7/c1-35-24-13-16(4-8-22(24)32)3-6-20(30)19(11-18-9-10-29-26(28)15-18)21(31)7-5-17-12-23(33)27(34)25(14-17)36-2/h4,8-9,12-15,19-20,29-30,32-34H,3,5-7,10-11,28H2,1-2H3/t19-,20-/m1/s1. The summed E-state index contributed by atoms with van der Waals surface area (Å²) in [5.41, 5.74) is 8.26. The molecule has 194 valence electrons. The zero-order chi connectivity index (χ0) is 26.2. The molecule has 0 saturated carbocycles. The number of rotatable bonds is 12. The lowest BCUT2D eigenvalue weighted by Gasteiger charge is -2.24. The van der Waals surface area contributed by atoms with Gasteiger partial charge in [0.2, 0.25) is 5.75 Å². The number of aliphatic hydroxyl groups is 1. The molecule has 0 radical (unpaired) electrons. The van der Waals surface area contributed by atoms with Gasteiger partial charge in [0.1, 0.15) is 5.78 Å². The number of dihydropyridines is 1. The maximum Gasteiger partial charge on any atom is 0.200 e. The number of allylic oxidation sites excluding steroid dienone is 2. The van der Waals surface area contributed by atoms with Crippen molar-refractivity contribution in [3.05, 3.63) is 65.0 Å². The molecule has 0 aromatic heterocycles. The molecular weight excluding hydrogens is 464 g/mol. The van der Waals surface area contributed by atoms with Gasteiger partial charge in [-0.15, -0.1) is 0 Å². The van der Waals surface area contributed by atoms with Crippen LogP contribution in [0.15, 0.2) is 53.9 Å². The van der Waals surface area contributed by atoms with Crippen LogP contribution in [0.3, 0.4) is 0 Å². The summed E-state index contributed by atoms with van der Waals surface area (Å²) in [6.45, 7) is 0.550. The predicted molar refractivity (Wildman–Crippen MR) is 135 cm³/mol. The molecule has 2 aromatic rings. The van der Waals surface area contributed by atoms with Crippen LogP contribution in [0.2, 0.25) is 0 Å². The summed E-state index contributed by atoms with van der Waals surface area (Å²) >= 11 is 0. The number of aryl methyl sites for hydroxylation is 2. The van der Waals surface area contributed by atoms with Crippen LogP contribution in [0, 0.1) is 5.92 Å². The van der Waals surface area contributed by atoms with Crippen molar-refractivity contribution < 1.29 is 34.7 Å². The van der Waals surface area contributed by atoms with Crippen molar-refractivity contribution in [1.82, 2.24) is 5.32 Å². The maximum absolute atomic E-state index is 13.3. The molecule has 36 heavy (non-hydrogen) atoms. The van der Waals surface area contributed by atoms with Crippen molar-refractivity contribution in [2.75, 3.05) is 20.8 Å². The number of aromatic hydroxyl groups is 3. The number of nitrogens with two attached hydrogens (primary N) is 1. The Hall–Kier alpha value is -3.85. The Kier molecular flexibility index (Phi) is 9.08. The molecule has 7 N–H and O–H groups in total. The number of methoxy groups -OCH3 is 2. The van der Waals surface area contributed by atoms with Gasteiger partial charge in [-0.3, -0.25) is 4.79 Å². The Balaban J connectivity index is 1.73. The second-order valence-corrected chi connectivity index (χ2v) is 8.81. The molecular formula is C27H34N2O7. The summed E-state index contributed by atoms with van der Waals surface area (Å²) < 4.78 is 10.2. The zero-order valence-corrected chi connectivity index (χ0v) is 20.5. The van der Waals surface area contributed by atoms with E-state index >= 15 is 0 Å². The van der Waals surface area contributed by atoms with Gasteiger partial charge in [-0.2, -0.15) is 0 Å². The zero-order valence-electron chi connectivity index (χ0n) is 20.5. The Labute approximate surface area is 210 Å². The maximum atomic E-state index is 13.3. The highest BCUT2D eigenvalue weighted by Crippen LogP contribution is 2.37. The molecule has 3 rings (SSSR count). The first-order valence-electron chi connectivity index (χ1n) is 11.8. The van der Waals surface area contributed by atoms with Crippen molar-refractivity contribution in [3.8, 4) is 28.7 Å². The molecule has 9 heteroatoms. The van der Waals surface area contributed by atoms with E-state index in [0.29, 0.717) is 49.4 Å². The Bertz CT molecular complexity index is 1140. The molecule has 0 unspecified atom stereocenters. The second-order valence-electron chi connectivity index (χ2n) is 8.81. The smallest absolute Gasteiger partial charge is 0.200 e. The molecule has 9 nitrogen and oxygen atoms in total. The molecule has 1 aliphatic heterocycles. The lowest BCUT2D eigenvalue weighted by Crippen LogP contribution is -2.31. The van der Waals surface area contributed by atoms with Crippen molar-refractivity contribution in [2.24, 2.45) is 11.7 Å². The third kappa shape index (κ3) is 6.85. The van der Waals surface area contributed by atoms with Gasteiger partial charge in [0, 0.05) is 18.9 Å². The minimum absolute atomic E-state index is 0.0361. The van der Waals surface area contributed by atoms with E-state index in [4.69, 9.17) is 15.2 Å². The number of Topliss-reactive ketones (excluding diaryl/α,β-unsaturated/α-hetero) is 1. The van der Waals surface area contributed by atoms with E-state index in [1.165, 1.54) is 26.4 Å². The van der Waals surface area contributed by atoms with Crippen molar-refractivity contribution in [2.45, 2.75) is 38.2 Å². The number of carbonyl (C=O) groups excluding carboxylic acids is 1. The van der Waals surface area contributed by atoms with E-state index in [0.717, 1.165) is 11.1 Å². The van der Waals surface area contributed by atoms with Crippen LogP contribution < -0.4 is 20.5 Å². The van der Waals surface area contributed by atoms with Crippen LogP contribution in [-0.2, 0) is 17.6 Å². The number of nitrogens with one attached hydrogen (secondary N) is 1. The SMILES string of the molecule is COc1cc(CC[C@@H](O)[C@@H](CC2=CCNC(N)=C2)C(=O)CCc2cc(O)c(O)c(OC)c2)ccc1O. The highest BCUT2D eigenvalue weighted by atomic mass is 16.5. The first kappa shape index (κ1) is 26.7. The summed E-state index contributed by atoms with van der Waals surface area (Å²) in [6.07, 6.45) is 4.40. The number of aliphatic hydroxyl groups excluding tert-OH is 1. The first-order chi connectivity index (χ1) is 17.2. The Morgan fingerprint density at radius 1 is 1.03 bits per heavy atom. The Morgan fingerprint density at radius 3 is 2.44 bits per heavy atom. The number of ether oxygens (including phenoxy) is 2. The number of hydrogen-bond donors (Lipinski definition) is 6. The van der Waals surface area contributed by atoms with Crippen LogP contribution in [0.4, 0.5) is 0 Å². The lowest BCUT2D eigenvalue weighted by atomic mass is 9.84. The van der Waals surface area contributed by atoms with Gasteiger partial charge in [0.15, 0.2) is 23.0 Å². The fourth-order valence-electron chi connectivity index (χ4n) is 4.27. The number of phenolic OH excluding ortho intramolecular Hbond substituents is 3. The third-order valence-electron chi connectivity index (χ3n) is 6.31. The summed E-state index contributed by atoms with van der Waals surface area (Å²) in [4.78, 5) is 13.3. The van der Waals surface area contributed by atoms with Crippen molar-refractivity contribution >= 4 is 5.78 Å². The van der Waals surface area contributed by atoms with E-state index in [1.807, 2.05) is 6.08 Å². The molecule has 1 aliphatic rings.